The van der Waals surface area contributed by atoms with Crippen molar-refractivity contribution in [3.05, 3.63) is 53.6 Å². The van der Waals surface area contributed by atoms with E-state index in [1.807, 2.05) is 20.3 Å². The van der Waals surface area contributed by atoms with Gasteiger partial charge in [0.25, 0.3) is 0 Å². The smallest absolute Gasteiger partial charge is 0.0631 e. The molecule has 0 unspecified atom stereocenters. The fourth-order valence-corrected chi connectivity index (χ4v) is 2.96. The fourth-order valence-electron chi connectivity index (χ4n) is 2.96. The van der Waals surface area contributed by atoms with Gasteiger partial charge in [-0.3, -0.25) is 4.99 Å². The topological polar surface area (TPSA) is 18.8 Å². The molecular weight excluding hydrogens is 282 g/mol. The molecule has 3 nitrogen and oxygen atoms in total. The molecule has 2 aromatic rings. The van der Waals surface area contributed by atoms with E-state index in [0.29, 0.717) is 0 Å². The van der Waals surface area contributed by atoms with Gasteiger partial charge in [0, 0.05) is 44.8 Å². The van der Waals surface area contributed by atoms with Crippen LogP contribution in [-0.4, -0.2) is 33.4 Å². The number of hydrogen-bond donors (Lipinski definition) is 0. The lowest BCUT2D eigenvalue weighted by Gasteiger charge is -2.18. The number of hydrogen-bond acceptors (Lipinski definition) is 3. The summed E-state index contributed by atoms with van der Waals surface area (Å²) in [6, 6.07) is 15.0. The van der Waals surface area contributed by atoms with Crippen LogP contribution >= 0.6 is 0 Å². The van der Waals surface area contributed by atoms with Crippen molar-refractivity contribution in [1.82, 2.24) is 0 Å². The van der Waals surface area contributed by atoms with Gasteiger partial charge in [-0.1, -0.05) is 6.07 Å². The van der Waals surface area contributed by atoms with E-state index in [-0.39, 0.29) is 0 Å². The lowest BCUT2D eigenvalue weighted by atomic mass is 10.1. The molecule has 1 aliphatic heterocycles. The van der Waals surface area contributed by atoms with Crippen molar-refractivity contribution in [2.45, 2.75) is 19.8 Å². The van der Waals surface area contributed by atoms with Gasteiger partial charge in [-0.05, 0) is 67.3 Å². The van der Waals surface area contributed by atoms with Crippen LogP contribution in [0.5, 0.6) is 0 Å². The molecule has 23 heavy (non-hydrogen) atoms. The van der Waals surface area contributed by atoms with Gasteiger partial charge in [0.2, 0.25) is 0 Å². The summed E-state index contributed by atoms with van der Waals surface area (Å²) in [5, 5.41) is 0. The zero-order chi connectivity index (χ0) is 16.2. The molecule has 1 aliphatic rings. The minimum absolute atomic E-state index is 0.985. The highest BCUT2D eigenvalue weighted by Crippen LogP contribution is 2.23. The highest BCUT2D eigenvalue weighted by atomic mass is 15.1. The quantitative estimate of drug-likeness (QED) is 0.779. The molecule has 0 saturated carbocycles. The molecule has 1 heterocycles. The fraction of sp³-hybridized carbons (Fsp3) is 0.350. The summed E-state index contributed by atoms with van der Waals surface area (Å²) >= 11 is 0. The third-order valence-electron chi connectivity index (χ3n) is 4.44. The first-order valence-corrected chi connectivity index (χ1v) is 8.30. The summed E-state index contributed by atoms with van der Waals surface area (Å²) in [4.78, 5) is 9.17. The second-order valence-corrected chi connectivity index (χ2v) is 6.40. The third-order valence-corrected chi connectivity index (χ3v) is 4.44. The first kappa shape index (κ1) is 15.6. The van der Waals surface area contributed by atoms with Crippen molar-refractivity contribution >= 4 is 23.3 Å². The van der Waals surface area contributed by atoms with E-state index in [9.17, 15) is 0 Å². The van der Waals surface area contributed by atoms with E-state index in [4.69, 9.17) is 0 Å². The van der Waals surface area contributed by atoms with E-state index in [1.54, 1.807) is 0 Å². The van der Waals surface area contributed by atoms with Gasteiger partial charge in [-0.25, -0.2) is 0 Å². The molecule has 0 atom stereocenters. The van der Waals surface area contributed by atoms with Gasteiger partial charge in [-0.2, -0.15) is 0 Å². The second kappa shape index (κ2) is 6.86. The van der Waals surface area contributed by atoms with Gasteiger partial charge < -0.3 is 9.80 Å². The highest BCUT2D eigenvalue weighted by Gasteiger charge is 2.12. The predicted octanol–water partition coefficient (Wildman–Crippen LogP) is 4.41. The summed E-state index contributed by atoms with van der Waals surface area (Å²) in [6.45, 7) is 4.53. The molecule has 3 rings (SSSR count). The molecule has 0 radical (unpaired) electrons. The summed E-state index contributed by atoms with van der Waals surface area (Å²) in [5.74, 6) is 0. The highest BCUT2D eigenvalue weighted by molar-refractivity contribution is 5.84. The van der Waals surface area contributed by atoms with Crippen molar-refractivity contribution in [2.24, 2.45) is 4.99 Å². The van der Waals surface area contributed by atoms with Crippen molar-refractivity contribution in [1.29, 1.82) is 0 Å². The normalized spacial score (nSPS) is 14.7. The summed E-state index contributed by atoms with van der Waals surface area (Å²) in [7, 11) is 4.09. The molecule has 0 amide bonds. The molecule has 0 N–H and O–H groups in total. The van der Waals surface area contributed by atoms with Crippen LogP contribution < -0.4 is 9.80 Å². The Hall–Kier alpha value is -2.29. The number of aryl methyl sites for hydroxylation is 1. The summed E-state index contributed by atoms with van der Waals surface area (Å²) in [6.07, 6.45) is 4.59. The van der Waals surface area contributed by atoms with Crippen molar-refractivity contribution < 1.29 is 0 Å². The first-order valence-electron chi connectivity index (χ1n) is 8.30. The number of anilines is 2. The van der Waals surface area contributed by atoms with Crippen molar-refractivity contribution in [3.8, 4) is 0 Å². The Kier molecular flexibility index (Phi) is 4.65. The Morgan fingerprint density at radius 2 is 1.70 bits per heavy atom. The van der Waals surface area contributed by atoms with Crippen LogP contribution in [0.3, 0.4) is 0 Å². The molecule has 2 aromatic carbocycles. The SMILES string of the molecule is Cc1cc(N2CCCC2)ccc1C=Nc1ccc(N(C)C)cc1. The van der Waals surface area contributed by atoms with E-state index in [0.717, 1.165) is 5.69 Å². The zero-order valence-corrected chi connectivity index (χ0v) is 14.3. The first-order chi connectivity index (χ1) is 11.1. The average molecular weight is 307 g/mol. The van der Waals surface area contributed by atoms with Crippen LogP contribution in [0.4, 0.5) is 17.1 Å². The molecule has 0 spiro atoms. The standard InChI is InChI=1S/C20H25N3/c1-16-14-20(23-12-4-5-13-23)9-6-17(16)15-21-18-7-10-19(11-8-18)22(2)3/h6-11,14-15H,4-5,12-13H2,1-3H3. The van der Waals surface area contributed by atoms with Gasteiger partial charge >= 0.3 is 0 Å². The van der Waals surface area contributed by atoms with E-state index in [1.165, 1.54) is 48.4 Å². The van der Waals surface area contributed by atoms with Gasteiger partial charge in [0.05, 0.1) is 5.69 Å². The number of benzene rings is 2. The average Bonchev–Trinajstić information content (AvgIpc) is 3.08. The number of aliphatic imine (C=N–C) groups is 1. The minimum atomic E-state index is 0.985. The van der Waals surface area contributed by atoms with E-state index >= 15 is 0 Å². The summed E-state index contributed by atoms with van der Waals surface area (Å²) < 4.78 is 0. The molecule has 1 fully saturated rings. The van der Waals surface area contributed by atoms with Crippen LogP contribution in [-0.2, 0) is 0 Å². The molecular formula is C20H25N3. The molecule has 0 bridgehead atoms. The Morgan fingerprint density at radius 1 is 1.00 bits per heavy atom. The molecule has 0 aromatic heterocycles. The largest absolute Gasteiger partial charge is 0.378 e. The lowest BCUT2D eigenvalue weighted by molar-refractivity contribution is 0.949. The van der Waals surface area contributed by atoms with E-state index < -0.39 is 0 Å². The molecule has 1 saturated heterocycles. The Morgan fingerprint density at radius 3 is 2.30 bits per heavy atom. The molecule has 0 aliphatic carbocycles. The number of nitrogens with zero attached hydrogens (tertiary/aromatic N) is 3. The minimum Gasteiger partial charge on any atom is -0.378 e. The maximum absolute atomic E-state index is 4.61. The van der Waals surface area contributed by atoms with Crippen LogP contribution in [0.2, 0.25) is 0 Å². The lowest BCUT2D eigenvalue weighted by Crippen LogP contribution is -2.17. The number of rotatable bonds is 4. The van der Waals surface area contributed by atoms with Gasteiger partial charge in [-0.15, -0.1) is 0 Å². The van der Waals surface area contributed by atoms with Gasteiger partial charge in [0.15, 0.2) is 0 Å². The predicted molar refractivity (Wildman–Crippen MR) is 101 cm³/mol. The van der Waals surface area contributed by atoms with Crippen LogP contribution in [0.15, 0.2) is 47.5 Å². The Bertz CT molecular complexity index is 681. The van der Waals surface area contributed by atoms with Crippen LogP contribution in [0.25, 0.3) is 0 Å². The van der Waals surface area contributed by atoms with Crippen LogP contribution in [0.1, 0.15) is 24.0 Å². The van der Waals surface area contributed by atoms with Crippen LogP contribution in [0, 0.1) is 6.92 Å². The zero-order valence-electron chi connectivity index (χ0n) is 14.3. The van der Waals surface area contributed by atoms with Gasteiger partial charge in [0.1, 0.15) is 0 Å². The maximum Gasteiger partial charge on any atom is 0.0631 e. The monoisotopic (exact) mass is 307 g/mol. The van der Waals surface area contributed by atoms with E-state index in [2.05, 4.69) is 64.2 Å². The molecule has 120 valence electrons. The third kappa shape index (κ3) is 3.73. The maximum atomic E-state index is 4.61. The summed E-state index contributed by atoms with van der Waals surface area (Å²) in [5.41, 5.74) is 5.98. The Balaban J connectivity index is 1.74. The Labute approximate surface area is 139 Å². The molecule has 3 heteroatoms. The van der Waals surface area contributed by atoms with Crippen molar-refractivity contribution in [2.75, 3.05) is 37.0 Å². The van der Waals surface area contributed by atoms with Crippen molar-refractivity contribution in [3.63, 3.8) is 0 Å². The second-order valence-electron chi connectivity index (χ2n) is 6.40.